The first-order valence-corrected chi connectivity index (χ1v) is 6.70. The monoisotopic (exact) mass is 239 g/mol. The van der Waals surface area contributed by atoms with E-state index >= 15 is 0 Å². The number of carbonyl (C=O) groups is 1. The molecule has 0 aromatic carbocycles. The van der Waals surface area contributed by atoms with Gasteiger partial charge >= 0.3 is 0 Å². The Morgan fingerprint density at radius 3 is 3.06 bits per heavy atom. The number of hydrogen-bond acceptors (Lipinski definition) is 3. The Kier molecular flexibility index (Phi) is 3.73. The van der Waals surface area contributed by atoms with Crippen molar-refractivity contribution in [3.05, 3.63) is 0 Å². The number of hydrogen-bond donors (Lipinski definition) is 2. The summed E-state index contributed by atoms with van der Waals surface area (Å²) in [6, 6.07) is 0. The van der Waals surface area contributed by atoms with E-state index in [4.69, 9.17) is 0 Å². The quantitative estimate of drug-likeness (QED) is 0.744. The van der Waals surface area contributed by atoms with E-state index in [1.165, 1.54) is 13.0 Å². The predicted octanol–water partition coefficient (Wildman–Crippen LogP) is 0.300. The number of piperidine rings is 1. The highest BCUT2D eigenvalue weighted by Gasteiger charge is 2.45. The smallest absolute Gasteiger partial charge is 0.222 e. The normalized spacial score (nSPS) is 33.8. The fourth-order valence-corrected chi connectivity index (χ4v) is 3.17. The van der Waals surface area contributed by atoms with Crippen LogP contribution in [0.2, 0.25) is 0 Å². The zero-order chi connectivity index (χ0) is 12.5. The van der Waals surface area contributed by atoms with E-state index in [0.29, 0.717) is 0 Å². The Hall–Kier alpha value is -0.610. The minimum absolute atomic E-state index is 0.0838. The van der Waals surface area contributed by atoms with Crippen molar-refractivity contribution in [1.29, 1.82) is 0 Å². The van der Waals surface area contributed by atoms with Crippen LogP contribution in [-0.4, -0.2) is 50.6 Å². The number of rotatable bonds is 3. The zero-order valence-electron chi connectivity index (χ0n) is 11.3. The molecule has 98 valence electrons. The average molecular weight is 239 g/mol. The molecule has 0 spiro atoms. The number of nitrogens with zero attached hydrogens (tertiary/aromatic N) is 1. The van der Waals surface area contributed by atoms with Crippen LogP contribution in [0.1, 0.15) is 20.3 Å². The second-order valence-electron chi connectivity index (χ2n) is 6.09. The molecule has 2 saturated heterocycles. The van der Waals surface area contributed by atoms with E-state index in [1.807, 2.05) is 13.8 Å². The van der Waals surface area contributed by atoms with Gasteiger partial charge in [0, 0.05) is 31.0 Å². The van der Waals surface area contributed by atoms with Gasteiger partial charge in [0.05, 0.1) is 0 Å². The highest BCUT2D eigenvalue weighted by atomic mass is 16.1. The Balaban J connectivity index is 1.97. The van der Waals surface area contributed by atoms with Crippen LogP contribution in [0.3, 0.4) is 0 Å². The summed E-state index contributed by atoms with van der Waals surface area (Å²) in [6.45, 7) is 9.17. The maximum absolute atomic E-state index is 11.7. The third-order valence-electron chi connectivity index (χ3n) is 4.32. The van der Waals surface area contributed by atoms with Crippen molar-refractivity contribution in [2.75, 3.05) is 39.8 Å². The standard InChI is InChI=1S/C13H25N3O/c1-10(2)12(17)15-8-13-7-14-6-11(13)4-5-16(3)9-13/h10-11,14H,4-9H2,1-3H3,(H,15,17)/t11-,13+/m0/s1. The van der Waals surface area contributed by atoms with E-state index in [2.05, 4.69) is 22.6 Å². The van der Waals surface area contributed by atoms with Crippen LogP contribution in [0, 0.1) is 17.3 Å². The summed E-state index contributed by atoms with van der Waals surface area (Å²) in [4.78, 5) is 14.1. The third-order valence-corrected chi connectivity index (χ3v) is 4.32. The van der Waals surface area contributed by atoms with Gasteiger partial charge in [-0.15, -0.1) is 0 Å². The van der Waals surface area contributed by atoms with E-state index in [9.17, 15) is 4.79 Å². The first-order valence-electron chi connectivity index (χ1n) is 6.70. The first-order chi connectivity index (χ1) is 8.03. The Bertz CT molecular complexity index is 292. The van der Waals surface area contributed by atoms with Gasteiger partial charge in [-0.2, -0.15) is 0 Å². The lowest BCUT2D eigenvalue weighted by molar-refractivity contribution is -0.124. The second-order valence-corrected chi connectivity index (χ2v) is 6.09. The number of nitrogens with one attached hydrogen (secondary N) is 2. The molecule has 0 saturated carbocycles. The molecule has 2 N–H and O–H groups in total. The molecule has 2 atom stereocenters. The molecule has 0 unspecified atom stereocenters. The molecular formula is C13H25N3O. The van der Waals surface area contributed by atoms with Crippen molar-refractivity contribution in [2.24, 2.45) is 17.3 Å². The largest absolute Gasteiger partial charge is 0.355 e. The van der Waals surface area contributed by atoms with E-state index in [1.54, 1.807) is 0 Å². The molecule has 0 aromatic heterocycles. The molecule has 2 aliphatic rings. The van der Waals surface area contributed by atoms with Crippen LogP contribution in [-0.2, 0) is 4.79 Å². The molecule has 0 bridgehead atoms. The van der Waals surface area contributed by atoms with Crippen molar-refractivity contribution < 1.29 is 4.79 Å². The zero-order valence-corrected chi connectivity index (χ0v) is 11.3. The van der Waals surface area contributed by atoms with Crippen molar-refractivity contribution in [3.63, 3.8) is 0 Å². The van der Waals surface area contributed by atoms with E-state index in [-0.39, 0.29) is 17.2 Å². The van der Waals surface area contributed by atoms with E-state index in [0.717, 1.165) is 32.1 Å². The third kappa shape index (κ3) is 2.63. The minimum Gasteiger partial charge on any atom is -0.355 e. The molecule has 0 aromatic rings. The highest BCUT2D eigenvalue weighted by molar-refractivity contribution is 5.77. The van der Waals surface area contributed by atoms with Gasteiger partial charge in [0.25, 0.3) is 0 Å². The molecule has 4 nitrogen and oxygen atoms in total. The van der Waals surface area contributed by atoms with Crippen LogP contribution >= 0.6 is 0 Å². The molecule has 2 fully saturated rings. The van der Waals surface area contributed by atoms with Crippen molar-refractivity contribution in [1.82, 2.24) is 15.5 Å². The van der Waals surface area contributed by atoms with Gasteiger partial charge in [0.15, 0.2) is 0 Å². The van der Waals surface area contributed by atoms with Crippen molar-refractivity contribution in [2.45, 2.75) is 20.3 Å². The Morgan fingerprint density at radius 1 is 1.59 bits per heavy atom. The number of carbonyl (C=O) groups excluding carboxylic acids is 1. The lowest BCUT2D eigenvalue weighted by atomic mass is 9.73. The average Bonchev–Trinajstić information content (AvgIpc) is 2.68. The summed E-state index contributed by atoms with van der Waals surface area (Å²) in [7, 11) is 2.18. The lowest BCUT2D eigenvalue weighted by Gasteiger charge is -2.43. The molecule has 4 heteroatoms. The molecule has 2 rings (SSSR count). The van der Waals surface area contributed by atoms with Gasteiger partial charge in [-0.3, -0.25) is 4.79 Å². The molecule has 17 heavy (non-hydrogen) atoms. The van der Waals surface area contributed by atoms with Crippen LogP contribution in [0.5, 0.6) is 0 Å². The SMILES string of the molecule is CC(C)C(=O)NC[C@@]12CNC[C@@H]1CCN(C)C2. The molecule has 2 heterocycles. The highest BCUT2D eigenvalue weighted by Crippen LogP contribution is 2.37. The van der Waals surface area contributed by atoms with Gasteiger partial charge in [0.1, 0.15) is 0 Å². The molecule has 1 amide bonds. The predicted molar refractivity (Wildman–Crippen MR) is 68.8 cm³/mol. The Labute approximate surface area is 104 Å². The van der Waals surface area contributed by atoms with Crippen molar-refractivity contribution in [3.8, 4) is 0 Å². The number of fused-ring (bicyclic) bond motifs is 1. The molecule has 2 aliphatic heterocycles. The summed E-state index contributed by atoms with van der Waals surface area (Å²) < 4.78 is 0. The maximum atomic E-state index is 11.7. The maximum Gasteiger partial charge on any atom is 0.222 e. The summed E-state index contributed by atoms with van der Waals surface area (Å²) in [6.07, 6.45) is 1.25. The molecule has 0 aliphatic carbocycles. The summed E-state index contributed by atoms with van der Waals surface area (Å²) >= 11 is 0. The lowest BCUT2D eigenvalue weighted by Crippen LogP contribution is -2.53. The number of likely N-dealkylation sites (tertiary alicyclic amines) is 1. The summed E-state index contributed by atoms with van der Waals surface area (Å²) in [5.41, 5.74) is 0.261. The number of amides is 1. The van der Waals surface area contributed by atoms with Gasteiger partial charge in [-0.25, -0.2) is 0 Å². The molecule has 0 radical (unpaired) electrons. The fourth-order valence-electron chi connectivity index (χ4n) is 3.17. The second kappa shape index (κ2) is 4.94. The molecular weight excluding hydrogens is 214 g/mol. The first kappa shape index (κ1) is 12.8. The Morgan fingerprint density at radius 2 is 2.35 bits per heavy atom. The van der Waals surface area contributed by atoms with Gasteiger partial charge in [-0.05, 0) is 32.5 Å². The minimum atomic E-state index is 0.0838. The van der Waals surface area contributed by atoms with Crippen LogP contribution in [0.4, 0.5) is 0 Å². The topological polar surface area (TPSA) is 44.4 Å². The van der Waals surface area contributed by atoms with Gasteiger partial charge < -0.3 is 15.5 Å². The fraction of sp³-hybridized carbons (Fsp3) is 0.923. The van der Waals surface area contributed by atoms with Gasteiger partial charge in [0.2, 0.25) is 5.91 Å². The van der Waals surface area contributed by atoms with Gasteiger partial charge in [-0.1, -0.05) is 13.8 Å². The van der Waals surface area contributed by atoms with Crippen LogP contribution in [0.15, 0.2) is 0 Å². The van der Waals surface area contributed by atoms with Crippen LogP contribution < -0.4 is 10.6 Å². The summed E-state index contributed by atoms with van der Waals surface area (Å²) in [5.74, 6) is 0.991. The summed E-state index contributed by atoms with van der Waals surface area (Å²) in [5, 5.41) is 6.63. The van der Waals surface area contributed by atoms with E-state index < -0.39 is 0 Å². The van der Waals surface area contributed by atoms with Crippen molar-refractivity contribution >= 4 is 5.91 Å². The van der Waals surface area contributed by atoms with Crippen LogP contribution in [0.25, 0.3) is 0 Å².